The van der Waals surface area contributed by atoms with Crippen molar-refractivity contribution in [1.29, 1.82) is 0 Å². The van der Waals surface area contributed by atoms with Crippen molar-refractivity contribution in [1.82, 2.24) is 9.97 Å². The van der Waals surface area contributed by atoms with Crippen molar-refractivity contribution in [2.45, 2.75) is 0 Å². The fraction of sp³-hybridized carbons (Fsp3) is 0. The van der Waals surface area contributed by atoms with Crippen molar-refractivity contribution in [3.63, 3.8) is 0 Å². The van der Waals surface area contributed by atoms with Crippen LogP contribution in [0.3, 0.4) is 0 Å². The summed E-state index contributed by atoms with van der Waals surface area (Å²) in [5.41, 5.74) is 0.0773. The maximum Gasteiger partial charge on any atom is 0.337 e. The Balaban J connectivity index is 2.22. The molecule has 0 aliphatic heterocycles. The number of carbonyl (C=O) groups is 1. The van der Waals surface area contributed by atoms with Gasteiger partial charge in [0, 0.05) is 18.5 Å². The zero-order valence-corrected chi connectivity index (χ0v) is 8.20. The number of ether oxygens (including phenoxy) is 1. The molecule has 2 aromatic rings. The molecular formula is C11H8N2O3. The Kier molecular flexibility index (Phi) is 2.77. The highest BCUT2D eigenvalue weighted by atomic mass is 16.5. The van der Waals surface area contributed by atoms with Gasteiger partial charge in [0.05, 0.1) is 11.8 Å². The lowest BCUT2D eigenvalue weighted by atomic mass is 10.3. The maximum atomic E-state index is 10.7. The van der Waals surface area contributed by atoms with Crippen molar-refractivity contribution in [2.24, 2.45) is 0 Å². The molecule has 0 fully saturated rings. The van der Waals surface area contributed by atoms with E-state index in [0.717, 1.165) is 0 Å². The summed E-state index contributed by atoms with van der Waals surface area (Å²) in [5.74, 6) is -0.301. The van der Waals surface area contributed by atoms with Crippen LogP contribution >= 0.6 is 0 Å². The Morgan fingerprint density at radius 1 is 1.31 bits per heavy atom. The molecule has 0 aromatic carbocycles. The molecule has 1 N–H and O–H groups in total. The first-order valence-corrected chi connectivity index (χ1v) is 4.53. The molecule has 2 rings (SSSR count). The zero-order chi connectivity index (χ0) is 11.4. The Labute approximate surface area is 91.4 Å². The minimum atomic E-state index is -1.04. The summed E-state index contributed by atoms with van der Waals surface area (Å²) in [5, 5.41) is 8.76. The van der Waals surface area contributed by atoms with Gasteiger partial charge in [-0.25, -0.2) is 9.78 Å². The van der Waals surface area contributed by atoms with E-state index >= 15 is 0 Å². The number of hydrogen-bond donors (Lipinski definition) is 1. The van der Waals surface area contributed by atoms with Gasteiger partial charge < -0.3 is 9.84 Å². The van der Waals surface area contributed by atoms with Gasteiger partial charge in [-0.3, -0.25) is 4.98 Å². The van der Waals surface area contributed by atoms with Crippen molar-refractivity contribution >= 4 is 5.97 Å². The standard InChI is InChI=1S/C11H8N2O3/c14-11(15)8-5-9(7-12-6-8)16-10-3-1-2-4-13-10/h1-7H,(H,14,15). The fourth-order valence-corrected chi connectivity index (χ4v) is 1.12. The van der Waals surface area contributed by atoms with E-state index in [0.29, 0.717) is 11.6 Å². The molecule has 2 heterocycles. The van der Waals surface area contributed by atoms with Gasteiger partial charge in [-0.2, -0.15) is 0 Å². The molecule has 0 saturated carbocycles. The van der Waals surface area contributed by atoms with Gasteiger partial charge >= 0.3 is 5.97 Å². The molecule has 0 aliphatic carbocycles. The molecule has 0 spiro atoms. The highest BCUT2D eigenvalue weighted by Crippen LogP contribution is 2.18. The normalized spacial score (nSPS) is 9.75. The molecule has 0 atom stereocenters. The fourth-order valence-electron chi connectivity index (χ4n) is 1.12. The molecule has 0 unspecified atom stereocenters. The van der Waals surface area contributed by atoms with E-state index in [9.17, 15) is 4.79 Å². The highest BCUT2D eigenvalue weighted by molar-refractivity contribution is 5.87. The van der Waals surface area contributed by atoms with Crippen molar-refractivity contribution < 1.29 is 14.6 Å². The molecule has 0 aliphatic rings. The van der Waals surface area contributed by atoms with E-state index in [1.54, 1.807) is 24.4 Å². The van der Waals surface area contributed by atoms with Gasteiger partial charge in [0.15, 0.2) is 0 Å². The first-order chi connectivity index (χ1) is 7.75. The van der Waals surface area contributed by atoms with Crippen LogP contribution in [0.15, 0.2) is 42.9 Å². The number of rotatable bonds is 3. The monoisotopic (exact) mass is 216 g/mol. The van der Waals surface area contributed by atoms with E-state index in [-0.39, 0.29) is 5.56 Å². The number of carboxylic acids is 1. The summed E-state index contributed by atoms with van der Waals surface area (Å²) in [7, 11) is 0. The van der Waals surface area contributed by atoms with Crippen LogP contribution in [-0.2, 0) is 0 Å². The van der Waals surface area contributed by atoms with Crippen LogP contribution in [-0.4, -0.2) is 21.0 Å². The van der Waals surface area contributed by atoms with Crippen LogP contribution in [0, 0.1) is 0 Å². The van der Waals surface area contributed by atoms with Crippen molar-refractivity contribution in [2.75, 3.05) is 0 Å². The third kappa shape index (κ3) is 2.33. The Hall–Kier alpha value is -2.43. The Bertz CT molecular complexity index is 500. The molecule has 5 heteroatoms. The molecule has 0 saturated heterocycles. The number of pyridine rings is 2. The average Bonchev–Trinajstić information content (AvgIpc) is 2.30. The molecule has 16 heavy (non-hydrogen) atoms. The van der Waals surface area contributed by atoms with Crippen molar-refractivity contribution in [3.05, 3.63) is 48.4 Å². The number of carboxylic acid groups (broad SMARTS) is 1. The van der Waals surface area contributed by atoms with Crippen LogP contribution in [0.25, 0.3) is 0 Å². The number of nitrogens with zero attached hydrogens (tertiary/aromatic N) is 2. The number of hydrogen-bond acceptors (Lipinski definition) is 4. The van der Waals surface area contributed by atoms with Crippen LogP contribution in [0.1, 0.15) is 10.4 Å². The lowest BCUT2D eigenvalue weighted by Gasteiger charge is -2.03. The summed E-state index contributed by atoms with van der Waals surface area (Å²) < 4.78 is 5.33. The summed E-state index contributed by atoms with van der Waals surface area (Å²) in [6.45, 7) is 0. The summed E-state index contributed by atoms with van der Waals surface area (Å²) in [6, 6.07) is 6.60. The van der Waals surface area contributed by atoms with E-state index in [2.05, 4.69) is 9.97 Å². The molecule has 80 valence electrons. The van der Waals surface area contributed by atoms with Gasteiger partial charge in [-0.05, 0) is 12.1 Å². The number of aromatic carboxylic acids is 1. The van der Waals surface area contributed by atoms with Crippen LogP contribution in [0.4, 0.5) is 0 Å². The zero-order valence-electron chi connectivity index (χ0n) is 8.20. The summed E-state index contributed by atoms with van der Waals surface area (Å²) >= 11 is 0. The summed E-state index contributed by atoms with van der Waals surface area (Å²) in [4.78, 5) is 18.4. The third-order valence-electron chi connectivity index (χ3n) is 1.82. The van der Waals surface area contributed by atoms with Crippen LogP contribution in [0.2, 0.25) is 0 Å². The van der Waals surface area contributed by atoms with Crippen LogP contribution in [0.5, 0.6) is 11.6 Å². The second-order valence-corrected chi connectivity index (χ2v) is 2.98. The van der Waals surface area contributed by atoms with E-state index in [1.165, 1.54) is 18.5 Å². The first-order valence-electron chi connectivity index (χ1n) is 4.53. The summed E-state index contributed by atoms with van der Waals surface area (Å²) in [6.07, 6.45) is 4.28. The molecular weight excluding hydrogens is 208 g/mol. The van der Waals surface area contributed by atoms with E-state index in [1.807, 2.05) is 0 Å². The van der Waals surface area contributed by atoms with Crippen LogP contribution < -0.4 is 4.74 Å². The molecule has 0 radical (unpaired) electrons. The topological polar surface area (TPSA) is 72.3 Å². The van der Waals surface area contributed by atoms with Gasteiger partial charge in [-0.15, -0.1) is 0 Å². The molecule has 0 amide bonds. The first kappa shape index (κ1) is 10.1. The quantitative estimate of drug-likeness (QED) is 0.849. The molecule has 0 bridgehead atoms. The maximum absolute atomic E-state index is 10.7. The lowest BCUT2D eigenvalue weighted by Crippen LogP contribution is -1.97. The SMILES string of the molecule is O=C(O)c1cncc(Oc2ccccn2)c1. The van der Waals surface area contributed by atoms with Gasteiger partial charge in [0.25, 0.3) is 0 Å². The number of aromatic nitrogens is 2. The smallest absolute Gasteiger partial charge is 0.337 e. The van der Waals surface area contributed by atoms with Gasteiger partial charge in [-0.1, -0.05) is 6.07 Å². The average molecular weight is 216 g/mol. The minimum Gasteiger partial charge on any atom is -0.478 e. The predicted molar refractivity (Wildman–Crippen MR) is 55.5 cm³/mol. The lowest BCUT2D eigenvalue weighted by molar-refractivity contribution is 0.0696. The predicted octanol–water partition coefficient (Wildman–Crippen LogP) is 1.97. The minimum absolute atomic E-state index is 0.0773. The largest absolute Gasteiger partial charge is 0.478 e. The van der Waals surface area contributed by atoms with Crippen molar-refractivity contribution in [3.8, 4) is 11.6 Å². The Morgan fingerprint density at radius 2 is 2.19 bits per heavy atom. The molecule has 5 nitrogen and oxygen atoms in total. The van der Waals surface area contributed by atoms with Gasteiger partial charge in [0.1, 0.15) is 5.75 Å². The van der Waals surface area contributed by atoms with E-state index in [4.69, 9.17) is 9.84 Å². The second kappa shape index (κ2) is 4.39. The second-order valence-electron chi connectivity index (χ2n) is 2.98. The molecule has 2 aromatic heterocycles. The van der Waals surface area contributed by atoms with Gasteiger partial charge in [0.2, 0.25) is 5.88 Å². The van der Waals surface area contributed by atoms with E-state index < -0.39 is 5.97 Å². The Morgan fingerprint density at radius 3 is 2.88 bits per heavy atom. The third-order valence-corrected chi connectivity index (χ3v) is 1.82. The highest BCUT2D eigenvalue weighted by Gasteiger charge is 2.05.